The molecule has 0 aliphatic heterocycles. The van der Waals surface area contributed by atoms with E-state index in [4.69, 9.17) is 15.2 Å². The van der Waals surface area contributed by atoms with Crippen LogP contribution in [-0.2, 0) is 20.7 Å². The largest absolute Gasteiger partial charge is 0.467 e. The number of aromatic nitrogens is 2. The van der Waals surface area contributed by atoms with E-state index in [1.807, 2.05) is 0 Å². The van der Waals surface area contributed by atoms with Crippen LogP contribution in [0.3, 0.4) is 0 Å². The van der Waals surface area contributed by atoms with E-state index >= 15 is 0 Å². The van der Waals surface area contributed by atoms with E-state index in [2.05, 4.69) is 15.3 Å². The zero-order valence-corrected chi connectivity index (χ0v) is 15.2. The first-order chi connectivity index (χ1) is 11.2. The van der Waals surface area contributed by atoms with E-state index in [0.717, 1.165) is 5.69 Å². The van der Waals surface area contributed by atoms with Crippen molar-refractivity contribution in [1.29, 1.82) is 0 Å². The second-order valence-corrected chi connectivity index (χ2v) is 7.10. The highest BCUT2D eigenvalue weighted by Crippen LogP contribution is 2.10. The quantitative estimate of drug-likeness (QED) is 0.556. The van der Waals surface area contributed by atoms with Gasteiger partial charge in [-0.25, -0.2) is 19.6 Å². The summed E-state index contributed by atoms with van der Waals surface area (Å²) < 4.78 is 9.87. The lowest BCUT2D eigenvalue weighted by Crippen LogP contribution is -2.45. The van der Waals surface area contributed by atoms with Crippen LogP contribution >= 0.6 is 11.8 Å². The van der Waals surface area contributed by atoms with Gasteiger partial charge in [-0.1, -0.05) is 0 Å². The molecule has 0 aromatic carbocycles. The number of nitrogens with two attached hydrogens (primary N) is 1. The van der Waals surface area contributed by atoms with Gasteiger partial charge in [-0.15, -0.1) is 0 Å². The van der Waals surface area contributed by atoms with Gasteiger partial charge >= 0.3 is 12.1 Å². The van der Waals surface area contributed by atoms with Crippen molar-refractivity contribution in [2.75, 3.05) is 24.3 Å². The lowest BCUT2D eigenvalue weighted by atomic mass is 10.2. The van der Waals surface area contributed by atoms with Gasteiger partial charge in [0, 0.05) is 17.6 Å². The van der Waals surface area contributed by atoms with Crippen molar-refractivity contribution < 1.29 is 19.1 Å². The van der Waals surface area contributed by atoms with Crippen molar-refractivity contribution >= 4 is 29.8 Å². The molecule has 0 saturated carbocycles. The fourth-order valence-corrected chi connectivity index (χ4v) is 2.67. The summed E-state index contributed by atoms with van der Waals surface area (Å²) in [6, 6.07) is 1.01. The van der Waals surface area contributed by atoms with Crippen molar-refractivity contribution in [2.24, 2.45) is 0 Å². The molecule has 0 spiro atoms. The van der Waals surface area contributed by atoms with Crippen molar-refractivity contribution in [2.45, 2.75) is 38.8 Å². The number of rotatable bonds is 7. The molecule has 1 heterocycles. The van der Waals surface area contributed by atoms with Gasteiger partial charge in [0.05, 0.1) is 7.11 Å². The molecule has 9 heteroatoms. The highest BCUT2D eigenvalue weighted by Gasteiger charge is 2.24. The first kappa shape index (κ1) is 20.0. The maximum absolute atomic E-state index is 11.8. The number of hydrogen-bond acceptors (Lipinski definition) is 8. The summed E-state index contributed by atoms with van der Waals surface area (Å²) in [6.07, 6.45) is 1.63. The van der Waals surface area contributed by atoms with Crippen LogP contribution in [0.2, 0.25) is 0 Å². The topological polar surface area (TPSA) is 116 Å². The predicted octanol–water partition coefficient (Wildman–Crippen LogP) is 1.40. The van der Waals surface area contributed by atoms with Crippen LogP contribution in [0.15, 0.2) is 12.3 Å². The highest BCUT2D eigenvalue weighted by atomic mass is 32.2. The number of carbonyl (C=O) groups excluding carboxylic acids is 2. The number of nitrogens with one attached hydrogen (secondary N) is 1. The Hall–Kier alpha value is -2.03. The zero-order chi connectivity index (χ0) is 18.2. The number of nitrogens with zero attached hydrogens (tertiary/aromatic N) is 2. The van der Waals surface area contributed by atoms with Gasteiger partial charge in [0.15, 0.2) is 0 Å². The number of hydrogen-bond donors (Lipinski definition) is 2. The van der Waals surface area contributed by atoms with E-state index in [1.165, 1.54) is 18.9 Å². The minimum absolute atomic E-state index is 0.233. The third-order valence-electron chi connectivity index (χ3n) is 2.70. The standard InChI is InChI=1S/C15H24N4O4S/c1-15(2,3)23-14(21)19-11(12(20)22-4)9-24-8-6-10-5-7-17-13(16)18-10/h5,7,11H,6,8-9H2,1-4H3,(H,19,21)(H2,16,17,18)/t11-/m0/s1. The second kappa shape index (κ2) is 9.31. The molecule has 1 atom stereocenters. The molecule has 0 fully saturated rings. The highest BCUT2D eigenvalue weighted by molar-refractivity contribution is 7.99. The normalized spacial score (nSPS) is 12.3. The van der Waals surface area contributed by atoms with Crippen LogP contribution in [-0.4, -0.2) is 52.3 Å². The van der Waals surface area contributed by atoms with Crippen LogP contribution in [0, 0.1) is 0 Å². The smallest absolute Gasteiger partial charge is 0.408 e. The summed E-state index contributed by atoms with van der Waals surface area (Å²) in [5.41, 5.74) is 5.71. The van der Waals surface area contributed by atoms with Gasteiger partial charge in [0.2, 0.25) is 5.95 Å². The van der Waals surface area contributed by atoms with Gasteiger partial charge in [-0.2, -0.15) is 11.8 Å². The predicted molar refractivity (Wildman–Crippen MR) is 92.6 cm³/mol. The van der Waals surface area contributed by atoms with Gasteiger partial charge in [-0.05, 0) is 39.0 Å². The molecule has 134 valence electrons. The molecule has 24 heavy (non-hydrogen) atoms. The van der Waals surface area contributed by atoms with Crippen molar-refractivity contribution in [3.8, 4) is 0 Å². The van der Waals surface area contributed by atoms with Crippen LogP contribution in [0.25, 0.3) is 0 Å². The number of ether oxygens (including phenoxy) is 2. The molecule has 0 saturated heterocycles. The number of nitrogen functional groups attached to an aromatic ring is 1. The van der Waals surface area contributed by atoms with Crippen LogP contribution in [0.1, 0.15) is 26.5 Å². The zero-order valence-electron chi connectivity index (χ0n) is 14.4. The summed E-state index contributed by atoms with van der Waals surface area (Å²) in [5, 5.41) is 2.53. The van der Waals surface area contributed by atoms with E-state index in [1.54, 1.807) is 33.0 Å². The Morgan fingerprint density at radius 1 is 1.42 bits per heavy atom. The second-order valence-electron chi connectivity index (χ2n) is 5.95. The SMILES string of the molecule is COC(=O)[C@H](CSCCc1ccnc(N)n1)NC(=O)OC(C)(C)C. The fourth-order valence-electron chi connectivity index (χ4n) is 1.69. The third kappa shape index (κ3) is 8.00. The Morgan fingerprint density at radius 3 is 2.71 bits per heavy atom. The average molecular weight is 356 g/mol. The van der Waals surface area contributed by atoms with E-state index in [-0.39, 0.29) is 5.95 Å². The molecule has 0 radical (unpaired) electrons. The maximum Gasteiger partial charge on any atom is 0.408 e. The number of esters is 1. The minimum atomic E-state index is -0.773. The van der Waals surface area contributed by atoms with E-state index in [9.17, 15) is 9.59 Å². The Labute approximate surface area is 145 Å². The summed E-state index contributed by atoms with van der Waals surface area (Å²) in [7, 11) is 1.28. The first-order valence-corrected chi connectivity index (χ1v) is 8.59. The number of aryl methyl sites for hydroxylation is 1. The lowest BCUT2D eigenvalue weighted by Gasteiger charge is -2.22. The molecule has 0 bridgehead atoms. The summed E-state index contributed by atoms with van der Waals surface area (Å²) in [6.45, 7) is 5.26. The monoisotopic (exact) mass is 356 g/mol. The molecular weight excluding hydrogens is 332 g/mol. The number of carbonyl (C=O) groups is 2. The number of thioether (sulfide) groups is 1. The number of amides is 1. The molecular formula is C15H24N4O4S. The molecule has 1 aromatic rings. The Balaban J connectivity index is 2.45. The Morgan fingerprint density at radius 2 is 2.12 bits per heavy atom. The van der Waals surface area contributed by atoms with Gasteiger partial charge in [0.1, 0.15) is 11.6 Å². The van der Waals surface area contributed by atoms with Crippen LogP contribution in [0.5, 0.6) is 0 Å². The molecule has 0 aliphatic carbocycles. The van der Waals surface area contributed by atoms with Crippen molar-refractivity contribution in [1.82, 2.24) is 15.3 Å². The third-order valence-corrected chi connectivity index (χ3v) is 3.76. The van der Waals surface area contributed by atoms with E-state index in [0.29, 0.717) is 17.9 Å². The average Bonchev–Trinajstić information content (AvgIpc) is 2.47. The summed E-state index contributed by atoms with van der Waals surface area (Å²) in [5.74, 6) is 0.794. The van der Waals surface area contributed by atoms with Crippen LogP contribution < -0.4 is 11.1 Å². The number of alkyl carbamates (subject to hydrolysis) is 1. The Kier molecular flexibility index (Phi) is 7.76. The number of methoxy groups -OCH3 is 1. The molecule has 1 aromatic heterocycles. The summed E-state index contributed by atoms with van der Waals surface area (Å²) >= 11 is 1.49. The molecule has 3 N–H and O–H groups in total. The fraction of sp³-hybridized carbons (Fsp3) is 0.600. The molecule has 1 amide bonds. The van der Waals surface area contributed by atoms with Gasteiger partial charge in [0.25, 0.3) is 0 Å². The summed E-state index contributed by atoms with van der Waals surface area (Å²) in [4.78, 5) is 31.5. The first-order valence-electron chi connectivity index (χ1n) is 7.44. The number of anilines is 1. The maximum atomic E-state index is 11.8. The Bertz CT molecular complexity index is 563. The van der Waals surface area contributed by atoms with Gasteiger partial charge in [-0.3, -0.25) is 0 Å². The molecule has 1 rings (SSSR count). The van der Waals surface area contributed by atoms with Crippen molar-refractivity contribution in [3.63, 3.8) is 0 Å². The van der Waals surface area contributed by atoms with Crippen LogP contribution in [0.4, 0.5) is 10.7 Å². The van der Waals surface area contributed by atoms with Crippen molar-refractivity contribution in [3.05, 3.63) is 18.0 Å². The lowest BCUT2D eigenvalue weighted by molar-refractivity contribution is -0.142. The molecule has 0 aliphatic rings. The van der Waals surface area contributed by atoms with Gasteiger partial charge < -0.3 is 20.5 Å². The molecule has 0 unspecified atom stereocenters. The molecule has 8 nitrogen and oxygen atoms in total. The minimum Gasteiger partial charge on any atom is -0.467 e. The van der Waals surface area contributed by atoms with E-state index < -0.39 is 23.7 Å².